The standard InChI is InChI=1S/C6H10O3.C4H10/c1-4(2)6(8)9-5(3)7;1-3-4-2/h5,7H,1H2,2-3H3;3-4H2,1-2H3. The van der Waals surface area contributed by atoms with Gasteiger partial charge in [0.2, 0.25) is 0 Å². The Morgan fingerprint density at radius 1 is 1.46 bits per heavy atom. The molecule has 78 valence electrons. The topological polar surface area (TPSA) is 46.5 Å². The molecule has 0 aromatic heterocycles. The molecule has 0 aliphatic carbocycles. The van der Waals surface area contributed by atoms with Crippen molar-refractivity contribution in [2.45, 2.75) is 46.8 Å². The largest absolute Gasteiger partial charge is 0.433 e. The van der Waals surface area contributed by atoms with Crippen LogP contribution in [0.3, 0.4) is 0 Å². The van der Waals surface area contributed by atoms with E-state index in [2.05, 4.69) is 25.2 Å². The third-order valence-corrected chi connectivity index (χ3v) is 1.13. The lowest BCUT2D eigenvalue weighted by Crippen LogP contribution is -2.13. The molecule has 0 rings (SSSR count). The van der Waals surface area contributed by atoms with Crippen LogP contribution in [0.2, 0.25) is 0 Å². The van der Waals surface area contributed by atoms with E-state index in [4.69, 9.17) is 5.11 Å². The number of rotatable bonds is 3. The average molecular weight is 188 g/mol. The first-order valence-corrected chi connectivity index (χ1v) is 4.50. The van der Waals surface area contributed by atoms with Crippen LogP contribution in [0.25, 0.3) is 0 Å². The van der Waals surface area contributed by atoms with Crippen molar-refractivity contribution in [1.29, 1.82) is 0 Å². The van der Waals surface area contributed by atoms with Crippen molar-refractivity contribution in [1.82, 2.24) is 0 Å². The Morgan fingerprint density at radius 2 is 1.85 bits per heavy atom. The van der Waals surface area contributed by atoms with Crippen molar-refractivity contribution in [3.05, 3.63) is 12.2 Å². The molecule has 0 bridgehead atoms. The second kappa shape index (κ2) is 9.26. The summed E-state index contributed by atoms with van der Waals surface area (Å²) in [4.78, 5) is 10.5. The number of aliphatic hydroxyl groups excluding tert-OH is 1. The van der Waals surface area contributed by atoms with E-state index in [9.17, 15) is 4.79 Å². The zero-order valence-electron chi connectivity index (χ0n) is 8.96. The van der Waals surface area contributed by atoms with Gasteiger partial charge in [0, 0.05) is 5.57 Å². The highest BCUT2D eigenvalue weighted by molar-refractivity contribution is 5.86. The normalized spacial score (nSPS) is 10.8. The molecule has 0 aromatic carbocycles. The van der Waals surface area contributed by atoms with Gasteiger partial charge in [0.15, 0.2) is 6.29 Å². The molecule has 1 N–H and O–H groups in total. The van der Waals surface area contributed by atoms with Crippen LogP contribution in [0, 0.1) is 0 Å². The summed E-state index contributed by atoms with van der Waals surface area (Å²) in [7, 11) is 0. The van der Waals surface area contributed by atoms with E-state index < -0.39 is 12.3 Å². The van der Waals surface area contributed by atoms with Gasteiger partial charge in [-0.2, -0.15) is 0 Å². The molecule has 1 unspecified atom stereocenters. The minimum atomic E-state index is -1.05. The Kier molecular flexibility index (Phi) is 10.5. The van der Waals surface area contributed by atoms with Gasteiger partial charge in [-0.1, -0.05) is 33.3 Å². The van der Waals surface area contributed by atoms with Crippen molar-refractivity contribution in [2.75, 3.05) is 0 Å². The molecule has 0 amide bonds. The first-order valence-electron chi connectivity index (χ1n) is 4.50. The van der Waals surface area contributed by atoms with Crippen molar-refractivity contribution in [2.24, 2.45) is 0 Å². The number of hydrogen-bond donors (Lipinski definition) is 1. The van der Waals surface area contributed by atoms with Crippen LogP contribution < -0.4 is 0 Å². The van der Waals surface area contributed by atoms with Crippen LogP contribution in [0.1, 0.15) is 40.5 Å². The Bertz CT molecular complexity index is 148. The van der Waals surface area contributed by atoms with Gasteiger partial charge in [-0.15, -0.1) is 0 Å². The summed E-state index contributed by atoms with van der Waals surface area (Å²) in [6.07, 6.45) is 1.59. The number of aliphatic hydroxyl groups is 1. The second-order valence-electron chi connectivity index (χ2n) is 2.78. The summed E-state index contributed by atoms with van der Waals surface area (Å²) in [6.45, 7) is 10.6. The maximum Gasteiger partial charge on any atom is 0.335 e. The summed E-state index contributed by atoms with van der Waals surface area (Å²) < 4.78 is 4.33. The molecule has 0 saturated carbocycles. The minimum absolute atomic E-state index is 0.288. The van der Waals surface area contributed by atoms with E-state index in [1.165, 1.54) is 26.7 Å². The van der Waals surface area contributed by atoms with Crippen LogP contribution in [0.5, 0.6) is 0 Å². The van der Waals surface area contributed by atoms with Gasteiger partial charge < -0.3 is 9.84 Å². The summed E-state index contributed by atoms with van der Waals surface area (Å²) in [5.74, 6) is -0.565. The van der Waals surface area contributed by atoms with Crippen molar-refractivity contribution in [3.63, 3.8) is 0 Å². The zero-order chi connectivity index (χ0) is 10.9. The molecule has 0 saturated heterocycles. The van der Waals surface area contributed by atoms with Gasteiger partial charge >= 0.3 is 5.97 Å². The second-order valence-corrected chi connectivity index (χ2v) is 2.78. The molecule has 3 nitrogen and oxygen atoms in total. The van der Waals surface area contributed by atoms with Crippen LogP contribution in [0.4, 0.5) is 0 Å². The smallest absolute Gasteiger partial charge is 0.335 e. The number of hydrogen-bond acceptors (Lipinski definition) is 3. The number of carbonyl (C=O) groups is 1. The molecule has 0 radical (unpaired) electrons. The first kappa shape index (κ1) is 14.7. The maximum absolute atomic E-state index is 10.5. The van der Waals surface area contributed by atoms with E-state index in [0.717, 1.165) is 0 Å². The Morgan fingerprint density at radius 3 is 1.92 bits per heavy atom. The third-order valence-electron chi connectivity index (χ3n) is 1.13. The van der Waals surface area contributed by atoms with Gasteiger partial charge in [0.25, 0.3) is 0 Å². The predicted molar refractivity (Wildman–Crippen MR) is 53.2 cm³/mol. The van der Waals surface area contributed by atoms with Gasteiger partial charge in [-0.25, -0.2) is 4.79 Å². The lowest BCUT2D eigenvalue weighted by molar-refractivity contribution is -0.159. The molecular weight excluding hydrogens is 168 g/mol. The fraction of sp³-hybridized carbons (Fsp3) is 0.700. The lowest BCUT2D eigenvalue weighted by atomic mass is 10.4. The van der Waals surface area contributed by atoms with Crippen molar-refractivity contribution >= 4 is 5.97 Å². The summed E-state index contributed by atoms with van der Waals surface area (Å²) >= 11 is 0. The Labute approximate surface area is 80.4 Å². The van der Waals surface area contributed by atoms with Crippen LogP contribution in [-0.4, -0.2) is 17.4 Å². The van der Waals surface area contributed by atoms with Crippen molar-refractivity contribution < 1.29 is 14.6 Å². The number of ether oxygens (including phenoxy) is 1. The molecule has 0 fully saturated rings. The summed E-state index contributed by atoms with van der Waals surface area (Å²) in [5, 5.41) is 8.49. The monoisotopic (exact) mass is 188 g/mol. The predicted octanol–water partition coefficient (Wildman–Crippen LogP) is 2.25. The highest BCUT2D eigenvalue weighted by atomic mass is 16.6. The van der Waals surface area contributed by atoms with Gasteiger partial charge in [0.05, 0.1) is 0 Å². The molecular formula is C10H20O3. The molecule has 0 aliphatic rings. The number of unbranched alkanes of at least 4 members (excludes halogenated alkanes) is 1. The Balaban J connectivity index is 0. The minimum Gasteiger partial charge on any atom is -0.433 e. The molecule has 3 heteroatoms. The highest BCUT2D eigenvalue weighted by Gasteiger charge is 2.04. The SMILES string of the molecule is C=C(C)C(=O)OC(C)O.CCCC. The number of esters is 1. The van der Waals surface area contributed by atoms with Crippen LogP contribution in [0.15, 0.2) is 12.2 Å². The van der Waals surface area contributed by atoms with E-state index in [1.807, 2.05) is 0 Å². The van der Waals surface area contributed by atoms with Crippen LogP contribution >= 0.6 is 0 Å². The van der Waals surface area contributed by atoms with Gasteiger partial charge in [-0.05, 0) is 13.8 Å². The van der Waals surface area contributed by atoms with Gasteiger partial charge in [0.1, 0.15) is 0 Å². The molecule has 1 atom stereocenters. The zero-order valence-corrected chi connectivity index (χ0v) is 8.96. The molecule has 0 heterocycles. The summed E-state index contributed by atoms with van der Waals surface area (Å²) in [5.41, 5.74) is 0.288. The fourth-order valence-corrected chi connectivity index (χ4v) is 0.255. The molecule has 0 aliphatic heterocycles. The quantitative estimate of drug-likeness (QED) is 0.420. The molecule has 0 aromatic rings. The Hall–Kier alpha value is -0.830. The first-order chi connectivity index (χ1) is 5.95. The lowest BCUT2D eigenvalue weighted by Gasteiger charge is -2.04. The molecule has 0 spiro atoms. The fourth-order valence-electron chi connectivity index (χ4n) is 0.255. The van der Waals surface area contributed by atoms with E-state index in [-0.39, 0.29) is 5.57 Å². The van der Waals surface area contributed by atoms with Crippen molar-refractivity contribution in [3.8, 4) is 0 Å². The van der Waals surface area contributed by atoms with Gasteiger partial charge in [-0.3, -0.25) is 0 Å². The van der Waals surface area contributed by atoms with Crippen LogP contribution in [-0.2, 0) is 9.53 Å². The maximum atomic E-state index is 10.5. The highest BCUT2D eigenvalue weighted by Crippen LogP contribution is 1.94. The van der Waals surface area contributed by atoms with E-state index >= 15 is 0 Å². The molecule has 13 heavy (non-hydrogen) atoms. The summed E-state index contributed by atoms with van der Waals surface area (Å²) in [6, 6.07) is 0. The number of carbonyl (C=O) groups excluding carboxylic acids is 1. The average Bonchev–Trinajstić information content (AvgIpc) is 2.03. The van der Waals surface area contributed by atoms with E-state index in [1.54, 1.807) is 0 Å². The third kappa shape index (κ3) is 14.1. The van der Waals surface area contributed by atoms with E-state index in [0.29, 0.717) is 0 Å².